The molecule has 0 aliphatic rings. The van der Waals surface area contributed by atoms with Crippen molar-refractivity contribution in [3.05, 3.63) is 38.5 Å². The Balaban J connectivity index is 1.87. The third-order valence-electron chi connectivity index (χ3n) is 2.48. The van der Waals surface area contributed by atoms with Gasteiger partial charge in [-0.2, -0.15) is 0 Å². The van der Waals surface area contributed by atoms with Gasteiger partial charge in [0.25, 0.3) is 0 Å². The number of aryl methyl sites for hydroxylation is 1. The molecule has 0 aliphatic heterocycles. The van der Waals surface area contributed by atoms with E-state index < -0.39 is 0 Å². The van der Waals surface area contributed by atoms with Gasteiger partial charge in [-0.3, -0.25) is 0 Å². The number of thiazole rings is 1. The second kappa shape index (κ2) is 5.57. The first-order valence-corrected chi connectivity index (χ1v) is 7.19. The second-order valence-electron chi connectivity index (χ2n) is 3.69. The summed E-state index contributed by atoms with van der Waals surface area (Å²) in [6, 6.07) is 4.67. The van der Waals surface area contributed by atoms with Crippen molar-refractivity contribution in [2.75, 3.05) is 0 Å². The van der Waals surface area contributed by atoms with Crippen molar-refractivity contribution in [3.8, 4) is 0 Å². The summed E-state index contributed by atoms with van der Waals surface area (Å²) < 4.78 is 0. The van der Waals surface area contributed by atoms with E-state index in [1.165, 1.54) is 14.8 Å². The van der Waals surface area contributed by atoms with Crippen LogP contribution in [0.15, 0.2) is 23.7 Å². The zero-order valence-electron chi connectivity index (χ0n) is 9.56. The van der Waals surface area contributed by atoms with E-state index in [1.807, 2.05) is 6.20 Å². The highest BCUT2D eigenvalue weighted by atomic mass is 32.1. The first-order chi connectivity index (χ1) is 7.79. The summed E-state index contributed by atoms with van der Waals surface area (Å²) in [5.74, 6) is 0. The van der Waals surface area contributed by atoms with Crippen LogP contribution in [-0.2, 0) is 13.0 Å². The van der Waals surface area contributed by atoms with Crippen LogP contribution in [0.2, 0.25) is 0 Å². The number of hydrogen-bond donors (Lipinski definition) is 1. The molecule has 1 unspecified atom stereocenters. The molecular weight excluding hydrogens is 236 g/mol. The molecule has 2 heterocycles. The maximum Gasteiger partial charge on any atom is 0.107 e. The van der Waals surface area contributed by atoms with Crippen LogP contribution in [0.1, 0.15) is 34.7 Å². The third-order valence-corrected chi connectivity index (χ3v) is 4.68. The molecule has 0 aliphatic carbocycles. The molecular formula is C12H16N2S2. The van der Waals surface area contributed by atoms with Crippen LogP contribution in [0.4, 0.5) is 0 Å². The minimum Gasteiger partial charge on any atom is -0.303 e. The Morgan fingerprint density at radius 2 is 2.38 bits per heavy atom. The Hall–Kier alpha value is -0.710. The van der Waals surface area contributed by atoms with Crippen LogP contribution in [-0.4, -0.2) is 4.98 Å². The first-order valence-electron chi connectivity index (χ1n) is 5.50. The van der Waals surface area contributed by atoms with Crippen LogP contribution in [0.5, 0.6) is 0 Å². The van der Waals surface area contributed by atoms with Crippen molar-refractivity contribution in [1.82, 2.24) is 10.3 Å². The van der Waals surface area contributed by atoms with E-state index >= 15 is 0 Å². The quantitative estimate of drug-likeness (QED) is 0.879. The van der Waals surface area contributed by atoms with E-state index in [2.05, 4.69) is 41.7 Å². The highest BCUT2D eigenvalue weighted by Gasteiger charge is 2.07. The number of thiophene rings is 1. The van der Waals surface area contributed by atoms with Crippen molar-refractivity contribution in [2.24, 2.45) is 0 Å². The topological polar surface area (TPSA) is 24.9 Å². The van der Waals surface area contributed by atoms with E-state index in [4.69, 9.17) is 0 Å². The summed E-state index contributed by atoms with van der Waals surface area (Å²) in [5, 5.41) is 6.80. The van der Waals surface area contributed by atoms with Gasteiger partial charge in [-0.1, -0.05) is 13.0 Å². The molecule has 0 saturated heterocycles. The zero-order valence-corrected chi connectivity index (χ0v) is 11.2. The summed E-state index contributed by atoms with van der Waals surface area (Å²) in [7, 11) is 0. The SMILES string of the molecule is CCc1cnc(CNC(C)c2cccs2)s1. The average Bonchev–Trinajstić information content (AvgIpc) is 2.96. The second-order valence-corrected chi connectivity index (χ2v) is 5.87. The maximum absolute atomic E-state index is 4.40. The fourth-order valence-electron chi connectivity index (χ4n) is 1.47. The maximum atomic E-state index is 4.40. The van der Waals surface area contributed by atoms with Crippen molar-refractivity contribution in [3.63, 3.8) is 0 Å². The molecule has 0 radical (unpaired) electrons. The van der Waals surface area contributed by atoms with Gasteiger partial charge in [0.2, 0.25) is 0 Å². The molecule has 0 spiro atoms. The van der Waals surface area contributed by atoms with Gasteiger partial charge in [0.1, 0.15) is 5.01 Å². The zero-order chi connectivity index (χ0) is 11.4. The Morgan fingerprint density at radius 1 is 1.50 bits per heavy atom. The largest absolute Gasteiger partial charge is 0.303 e. The number of aromatic nitrogens is 1. The summed E-state index contributed by atoms with van der Waals surface area (Å²) in [6.45, 7) is 5.23. The van der Waals surface area contributed by atoms with E-state index in [-0.39, 0.29) is 0 Å². The minimum absolute atomic E-state index is 0.411. The van der Waals surface area contributed by atoms with Gasteiger partial charge in [-0.25, -0.2) is 4.98 Å². The molecule has 86 valence electrons. The molecule has 1 atom stereocenters. The lowest BCUT2D eigenvalue weighted by atomic mass is 10.3. The Morgan fingerprint density at radius 3 is 3.00 bits per heavy atom. The van der Waals surface area contributed by atoms with E-state index in [1.54, 1.807) is 22.7 Å². The minimum atomic E-state index is 0.411. The molecule has 16 heavy (non-hydrogen) atoms. The fraction of sp³-hybridized carbons (Fsp3) is 0.417. The predicted molar refractivity (Wildman–Crippen MR) is 71.1 cm³/mol. The van der Waals surface area contributed by atoms with Gasteiger partial charge in [-0.15, -0.1) is 22.7 Å². The van der Waals surface area contributed by atoms with Gasteiger partial charge < -0.3 is 5.32 Å². The lowest BCUT2D eigenvalue weighted by Gasteiger charge is -2.10. The molecule has 1 N–H and O–H groups in total. The van der Waals surface area contributed by atoms with Crippen molar-refractivity contribution in [1.29, 1.82) is 0 Å². The summed E-state index contributed by atoms with van der Waals surface area (Å²) >= 11 is 3.60. The number of nitrogens with one attached hydrogen (secondary N) is 1. The number of rotatable bonds is 5. The molecule has 0 amide bonds. The van der Waals surface area contributed by atoms with E-state index in [9.17, 15) is 0 Å². The molecule has 2 aromatic heterocycles. The summed E-state index contributed by atoms with van der Waals surface area (Å²) in [6.07, 6.45) is 3.07. The fourth-order valence-corrected chi connectivity index (χ4v) is 3.04. The predicted octanol–water partition coefficient (Wildman–Crippen LogP) is 3.62. The normalized spacial score (nSPS) is 12.9. The number of hydrogen-bond acceptors (Lipinski definition) is 4. The lowest BCUT2D eigenvalue weighted by Crippen LogP contribution is -2.16. The van der Waals surface area contributed by atoms with Gasteiger partial charge >= 0.3 is 0 Å². The molecule has 2 aromatic rings. The van der Waals surface area contributed by atoms with Crippen LogP contribution in [0, 0.1) is 0 Å². The highest BCUT2D eigenvalue weighted by molar-refractivity contribution is 7.11. The van der Waals surface area contributed by atoms with Gasteiger partial charge in [-0.05, 0) is 24.8 Å². The van der Waals surface area contributed by atoms with Gasteiger partial charge in [0, 0.05) is 28.5 Å². The Labute approximate surface area is 104 Å². The van der Waals surface area contributed by atoms with Crippen molar-refractivity contribution >= 4 is 22.7 Å². The average molecular weight is 252 g/mol. The van der Waals surface area contributed by atoms with E-state index in [0.29, 0.717) is 6.04 Å². The molecule has 0 saturated carbocycles. The molecule has 0 bridgehead atoms. The smallest absolute Gasteiger partial charge is 0.107 e. The van der Waals surface area contributed by atoms with E-state index in [0.717, 1.165) is 13.0 Å². The molecule has 2 nitrogen and oxygen atoms in total. The van der Waals surface area contributed by atoms with Gasteiger partial charge in [0.15, 0.2) is 0 Å². The monoisotopic (exact) mass is 252 g/mol. The van der Waals surface area contributed by atoms with Gasteiger partial charge in [0.05, 0.1) is 0 Å². The Bertz CT molecular complexity index is 420. The Kier molecular flexibility index (Phi) is 4.09. The van der Waals surface area contributed by atoms with Crippen molar-refractivity contribution in [2.45, 2.75) is 32.9 Å². The van der Waals surface area contributed by atoms with Crippen LogP contribution in [0.3, 0.4) is 0 Å². The molecule has 0 aromatic carbocycles. The van der Waals surface area contributed by atoms with Crippen LogP contribution in [0.25, 0.3) is 0 Å². The molecule has 2 rings (SSSR count). The highest BCUT2D eigenvalue weighted by Crippen LogP contribution is 2.19. The standard InChI is InChI=1S/C12H16N2S2/c1-3-10-7-14-12(16-10)8-13-9(2)11-5-4-6-15-11/h4-7,9,13H,3,8H2,1-2H3. The number of nitrogens with zero attached hydrogens (tertiary/aromatic N) is 1. The summed E-state index contributed by atoms with van der Waals surface area (Å²) in [5.41, 5.74) is 0. The summed E-state index contributed by atoms with van der Waals surface area (Å²) in [4.78, 5) is 7.14. The third kappa shape index (κ3) is 2.90. The lowest BCUT2D eigenvalue weighted by molar-refractivity contribution is 0.581. The molecule has 0 fully saturated rings. The van der Waals surface area contributed by atoms with Crippen LogP contribution >= 0.6 is 22.7 Å². The first kappa shape index (κ1) is 11.8. The van der Waals surface area contributed by atoms with Crippen molar-refractivity contribution < 1.29 is 0 Å². The molecule has 4 heteroatoms. The van der Waals surface area contributed by atoms with Crippen LogP contribution < -0.4 is 5.32 Å².